The summed E-state index contributed by atoms with van der Waals surface area (Å²) in [7, 11) is 0. The summed E-state index contributed by atoms with van der Waals surface area (Å²) >= 11 is 0. The highest BCUT2D eigenvalue weighted by Crippen LogP contribution is 2.33. The van der Waals surface area contributed by atoms with E-state index in [4.69, 9.17) is 9.47 Å². The van der Waals surface area contributed by atoms with Crippen LogP contribution in [0.15, 0.2) is 30.5 Å². The molecule has 8 heteroatoms. The minimum atomic E-state index is 0.112. The summed E-state index contributed by atoms with van der Waals surface area (Å²) in [6.07, 6.45) is 3.54. The molecule has 4 heterocycles. The lowest BCUT2D eigenvalue weighted by Gasteiger charge is -2.38. The Labute approximate surface area is 182 Å². The van der Waals surface area contributed by atoms with Crippen molar-refractivity contribution in [2.45, 2.75) is 26.3 Å². The number of amides is 1. The van der Waals surface area contributed by atoms with Crippen molar-refractivity contribution in [3.63, 3.8) is 0 Å². The Kier molecular flexibility index (Phi) is 5.63. The number of benzene rings is 1. The molecule has 1 aromatic carbocycles. The third-order valence-corrected chi connectivity index (χ3v) is 6.44. The van der Waals surface area contributed by atoms with Crippen LogP contribution in [0.4, 0.5) is 5.95 Å². The van der Waals surface area contributed by atoms with Crippen molar-refractivity contribution >= 4 is 11.9 Å². The monoisotopic (exact) mass is 423 g/mol. The fourth-order valence-electron chi connectivity index (χ4n) is 4.60. The van der Waals surface area contributed by atoms with Crippen LogP contribution >= 0.6 is 0 Å². The van der Waals surface area contributed by atoms with Gasteiger partial charge in [-0.15, -0.1) is 0 Å². The number of hydrogen-bond donors (Lipinski definition) is 0. The van der Waals surface area contributed by atoms with Crippen LogP contribution in [0.5, 0.6) is 11.5 Å². The number of carbonyl (C=O) groups excluding carboxylic acids is 1. The molecular weight excluding hydrogens is 394 g/mol. The van der Waals surface area contributed by atoms with Crippen molar-refractivity contribution in [2.75, 3.05) is 51.0 Å². The molecule has 31 heavy (non-hydrogen) atoms. The van der Waals surface area contributed by atoms with Crippen LogP contribution in [0.1, 0.15) is 24.1 Å². The molecule has 3 aliphatic rings. The first-order chi connectivity index (χ1) is 15.2. The lowest BCUT2D eigenvalue weighted by atomic mass is 9.95. The van der Waals surface area contributed by atoms with E-state index in [1.165, 1.54) is 5.56 Å². The Bertz CT molecular complexity index is 937. The molecule has 0 radical (unpaired) electrons. The summed E-state index contributed by atoms with van der Waals surface area (Å²) in [5.41, 5.74) is 2.19. The summed E-state index contributed by atoms with van der Waals surface area (Å²) in [6, 6.07) is 8.04. The van der Waals surface area contributed by atoms with E-state index in [0.717, 1.165) is 81.8 Å². The van der Waals surface area contributed by atoms with Gasteiger partial charge in [0.15, 0.2) is 11.5 Å². The fraction of sp³-hybridized carbons (Fsp3) is 0.522. The van der Waals surface area contributed by atoms with Gasteiger partial charge in [-0.2, -0.15) is 0 Å². The average Bonchev–Trinajstić information content (AvgIpc) is 3.27. The van der Waals surface area contributed by atoms with Gasteiger partial charge in [-0.3, -0.25) is 9.69 Å². The number of nitrogens with zero attached hydrogens (tertiary/aromatic N) is 5. The molecular formula is C23H29N5O3. The molecule has 164 valence electrons. The van der Waals surface area contributed by atoms with Gasteiger partial charge in [0, 0.05) is 63.6 Å². The summed E-state index contributed by atoms with van der Waals surface area (Å²) in [5, 5.41) is 0. The second-order valence-electron chi connectivity index (χ2n) is 8.55. The number of fused-ring (bicyclic) bond motifs is 1. The van der Waals surface area contributed by atoms with Gasteiger partial charge in [0.1, 0.15) is 0 Å². The van der Waals surface area contributed by atoms with Gasteiger partial charge in [-0.05, 0) is 43.5 Å². The third kappa shape index (κ3) is 4.44. The zero-order valence-electron chi connectivity index (χ0n) is 18.0. The maximum atomic E-state index is 13.1. The minimum absolute atomic E-state index is 0.112. The smallest absolute Gasteiger partial charge is 0.231 e. The largest absolute Gasteiger partial charge is 0.454 e. The van der Waals surface area contributed by atoms with Crippen LogP contribution in [-0.4, -0.2) is 71.7 Å². The number of piperazine rings is 1. The van der Waals surface area contributed by atoms with Crippen molar-refractivity contribution < 1.29 is 14.3 Å². The van der Waals surface area contributed by atoms with E-state index in [-0.39, 0.29) is 5.92 Å². The zero-order chi connectivity index (χ0) is 21.2. The molecule has 0 bridgehead atoms. The third-order valence-electron chi connectivity index (χ3n) is 6.44. The molecule has 1 amide bonds. The van der Waals surface area contributed by atoms with Crippen molar-refractivity contribution in [3.8, 4) is 11.5 Å². The van der Waals surface area contributed by atoms with Crippen LogP contribution in [0.2, 0.25) is 0 Å². The second-order valence-corrected chi connectivity index (χ2v) is 8.55. The molecule has 0 saturated carbocycles. The summed E-state index contributed by atoms with van der Waals surface area (Å²) in [6.45, 7) is 8.22. The van der Waals surface area contributed by atoms with E-state index in [1.807, 2.05) is 19.1 Å². The maximum Gasteiger partial charge on any atom is 0.231 e. The second kappa shape index (κ2) is 8.70. The van der Waals surface area contributed by atoms with Gasteiger partial charge in [0.25, 0.3) is 0 Å². The Hall–Kier alpha value is -2.87. The van der Waals surface area contributed by atoms with Gasteiger partial charge in [-0.1, -0.05) is 6.07 Å². The molecule has 0 aliphatic carbocycles. The highest BCUT2D eigenvalue weighted by Gasteiger charge is 2.31. The molecule has 3 aliphatic heterocycles. The first-order valence-electron chi connectivity index (χ1n) is 11.1. The van der Waals surface area contributed by atoms with Gasteiger partial charge < -0.3 is 19.3 Å². The summed E-state index contributed by atoms with van der Waals surface area (Å²) in [5.74, 6) is 2.85. The lowest BCUT2D eigenvalue weighted by Crippen LogP contribution is -2.51. The van der Waals surface area contributed by atoms with E-state index < -0.39 is 0 Å². The Morgan fingerprint density at radius 1 is 1.03 bits per heavy atom. The van der Waals surface area contributed by atoms with Crippen LogP contribution < -0.4 is 14.4 Å². The normalized spacial score (nSPS) is 19.6. The SMILES string of the molecule is Cc1ccnc(N2CCC(C(=O)N3CCN(Cc4ccc5c(c4)OCO5)CC3)CC2)n1. The predicted molar refractivity (Wildman–Crippen MR) is 116 cm³/mol. The number of carbonyl (C=O) groups is 1. The number of anilines is 1. The highest BCUT2D eigenvalue weighted by molar-refractivity contribution is 5.79. The lowest BCUT2D eigenvalue weighted by molar-refractivity contribution is -0.138. The molecule has 2 saturated heterocycles. The summed E-state index contributed by atoms with van der Waals surface area (Å²) < 4.78 is 10.9. The molecule has 2 aromatic rings. The van der Waals surface area contributed by atoms with Gasteiger partial charge in [0.05, 0.1) is 0 Å². The number of hydrogen-bond acceptors (Lipinski definition) is 7. The molecule has 0 spiro atoms. The quantitative estimate of drug-likeness (QED) is 0.746. The molecule has 0 N–H and O–H groups in total. The van der Waals surface area contributed by atoms with Gasteiger partial charge in [-0.25, -0.2) is 9.97 Å². The van der Waals surface area contributed by atoms with E-state index in [2.05, 4.69) is 36.8 Å². The van der Waals surface area contributed by atoms with Crippen molar-refractivity contribution in [3.05, 3.63) is 41.7 Å². The molecule has 1 aromatic heterocycles. The van der Waals surface area contributed by atoms with Crippen LogP contribution in [0, 0.1) is 12.8 Å². The molecule has 0 atom stereocenters. The molecule has 2 fully saturated rings. The number of ether oxygens (including phenoxy) is 2. The van der Waals surface area contributed by atoms with E-state index in [1.54, 1.807) is 6.20 Å². The molecule has 0 unspecified atom stereocenters. The first kappa shape index (κ1) is 20.1. The van der Waals surface area contributed by atoms with E-state index in [9.17, 15) is 4.79 Å². The predicted octanol–water partition coefficient (Wildman–Crippen LogP) is 2.07. The number of aryl methyl sites for hydroxylation is 1. The Balaban J connectivity index is 1.10. The Morgan fingerprint density at radius 2 is 1.81 bits per heavy atom. The minimum Gasteiger partial charge on any atom is -0.454 e. The van der Waals surface area contributed by atoms with E-state index in [0.29, 0.717) is 12.7 Å². The first-order valence-corrected chi connectivity index (χ1v) is 11.1. The standard InChI is InChI=1S/C23H29N5O3/c1-17-4-7-24-23(25-17)28-8-5-19(6-9-28)22(29)27-12-10-26(11-13-27)15-18-2-3-20-21(14-18)31-16-30-20/h2-4,7,14,19H,5-6,8-13,15-16H2,1H3. The van der Waals surface area contributed by atoms with Crippen molar-refractivity contribution in [2.24, 2.45) is 5.92 Å². The maximum absolute atomic E-state index is 13.1. The van der Waals surface area contributed by atoms with Crippen molar-refractivity contribution in [1.82, 2.24) is 19.8 Å². The van der Waals surface area contributed by atoms with E-state index >= 15 is 0 Å². The number of aromatic nitrogens is 2. The Morgan fingerprint density at radius 3 is 2.58 bits per heavy atom. The number of rotatable bonds is 4. The van der Waals surface area contributed by atoms with Crippen LogP contribution in [-0.2, 0) is 11.3 Å². The van der Waals surface area contributed by atoms with Gasteiger partial charge >= 0.3 is 0 Å². The average molecular weight is 424 g/mol. The van der Waals surface area contributed by atoms with Crippen molar-refractivity contribution in [1.29, 1.82) is 0 Å². The topological polar surface area (TPSA) is 71.0 Å². The fourth-order valence-corrected chi connectivity index (χ4v) is 4.60. The molecule has 8 nitrogen and oxygen atoms in total. The zero-order valence-corrected chi connectivity index (χ0v) is 18.0. The highest BCUT2D eigenvalue weighted by atomic mass is 16.7. The number of piperidine rings is 1. The molecule has 5 rings (SSSR count). The summed E-state index contributed by atoms with van der Waals surface area (Å²) in [4.78, 5) is 28.6. The van der Waals surface area contributed by atoms with Crippen LogP contribution in [0.3, 0.4) is 0 Å². The van der Waals surface area contributed by atoms with Crippen LogP contribution in [0.25, 0.3) is 0 Å². The van der Waals surface area contributed by atoms with Gasteiger partial charge in [0.2, 0.25) is 18.6 Å².